The summed E-state index contributed by atoms with van der Waals surface area (Å²) < 4.78 is 11.2. The van der Waals surface area contributed by atoms with E-state index in [0.29, 0.717) is 39.1 Å². The van der Waals surface area contributed by atoms with Gasteiger partial charge in [0.1, 0.15) is 5.75 Å². The second kappa shape index (κ2) is 9.25. The maximum atomic E-state index is 12.6. The first-order chi connectivity index (χ1) is 11.0. The van der Waals surface area contributed by atoms with Crippen LogP contribution in [0, 0.1) is 12.3 Å². The Morgan fingerprint density at radius 1 is 1.38 bits per heavy atom. The van der Waals surface area contributed by atoms with Gasteiger partial charge in [-0.05, 0) is 45.2 Å². The Bertz CT molecular complexity index is 543. The first kappa shape index (κ1) is 20.7. The van der Waals surface area contributed by atoms with Crippen LogP contribution in [0.2, 0.25) is 0 Å². The lowest BCUT2D eigenvalue weighted by Gasteiger charge is -2.34. The van der Waals surface area contributed by atoms with Crippen LogP contribution in [0.25, 0.3) is 0 Å². The van der Waals surface area contributed by atoms with E-state index in [1.165, 1.54) is 0 Å². The minimum Gasteiger partial charge on any atom is -0.491 e. The molecule has 1 aliphatic rings. The van der Waals surface area contributed by atoms with Crippen molar-refractivity contribution in [3.05, 3.63) is 29.3 Å². The van der Waals surface area contributed by atoms with Crippen LogP contribution in [0.4, 0.5) is 0 Å². The fraction of sp³-hybridized carbons (Fsp3) is 0.611. The molecule has 1 aliphatic heterocycles. The predicted octanol–water partition coefficient (Wildman–Crippen LogP) is 2.58. The molecule has 0 aliphatic carbocycles. The van der Waals surface area contributed by atoms with Crippen LogP contribution >= 0.6 is 12.4 Å². The van der Waals surface area contributed by atoms with Crippen molar-refractivity contribution in [3.63, 3.8) is 0 Å². The minimum atomic E-state index is -0.498. The predicted molar refractivity (Wildman–Crippen MR) is 97.6 cm³/mol. The number of carbonyl (C=O) groups excluding carboxylic acids is 1. The molecule has 6 heteroatoms. The summed E-state index contributed by atoms with van der Waals surface area (Å²) >= 11 is 0. The number of carbonyl (C=O) groups is 1. The lowest BCUT2D eigenvalue weighted by atomic mass is 9.79. The molecule has 1 saturated heterocycles. The molecule has 0 atom stereocenters. The van der Waals surface area contributed by atoms with Crippen molar-refractivity contribution in [1.82, 2.24) is 5.32 Å². The summed E-state index contributed by atoms with van der Waals surface area (Å²) in [6, 6.07) is 6.04. The Balaban J connectivity index is 0.00000288. The van der Waals surface area contributed by atoms with Crippen molar-refractivity contribution in [3.8, 4) is 5.75 Å². The van der Waals surface area contributed by atoms with Crippen molar-refractivity contribution >= 4 is 18.3 Å². The Hall–Kier alpha value is -1.30. The van der Waals surface area contributed by atoms with E-state index in [1.54, 1.807) is 0 Å². The van der Waals surface area contributed by atoms with E-state index in [2.05, 4.69) is 5.32 Å². The van der Waals surface area contributed by atoms with Gasteiger partial charge in [-0.15, -0.1) is 12.4 Å². The average Bonchev–Trinajstić information content (AvgIpc) is 2.54. The summed E-state index contributed by atoms with van der Waals surface area (Å²) in [5.74, 6) is 0.841. The number of nitrogens with one attached hydrogen (secondary N) is 1. The molecule has 1 aromatic carbocycles. The van der Waals surface area contributed by atoms with Crippen LogP contribution in [0.1, 0.15) is 37.8 Å². The Morgan fingerprint density at radius 3 is 2.62 bits per heavy atom. The number of rotatable bonds is 6. The van der Waals surface area contributed by atoms with Gasteiger partial charge in [-0.3, -0.25) is 4.79 Å². The number of nitrogens with two attached hydrogens (primary N) is 1. The zero-order valence-electron chi connectivity index (χ0n) is 14.8. The quantitative estimate of drug-likeness (QED) is 0.821. The van der Waals surface area contributed by atoms with E-state index in [1.807, 2.05) is 39.0 Å². The Morgan fingerprint density at radius 2 is 2.04 bits per heavy atom. The normalized spacial score (nSPS) is 16.4. The SMILES string of the molecule is Cc1ccc(CNC(=O)C2(CN)CCOCC2)c(OC(C)C)c1.Cl. The molecule has 1 aromatic rings. The monoisotopic (exact) mass is 356 g/mol. The van der Waals surface area contributed by atoms with Crippen molar-refractivity contribution in [2.75, 3.05) is 19.8 Å². The van der Waals surface area contributed by atoms with Gasteiger partial charge >= 0.3 is 0 Å². The highest BCUT2D eigenvalue weighted by Crippen LogP contribution is 2.30. The summed E-state index contributed by atoms with van der Waals surface area (Å²) in [4.78, 5) is 12.6. The number of benzene rings is 1. The molecule has 1 heterocycles. The summed E-state index contributed by atoms with van der Waals surface area (Å²) in [6.07, 6.45) is 1.45. The molecule has 0 unspecified atom stereocenters. The third-order valence-electron chi connectivity index (χ3n) is 4.35. The van der Waals surface area contributed by atoms with Gasteiger partial charge in [-0.1, -0.05) is 12.1 Å². The van der Waals surface area contributed by atoms with Crippen LogP contribution in [0.5, 0.6) is 5.75 Å². The van der Waals surface area contributed by atoms with Crippen LogP contribution in [-0.4, -0.2) is 31.8 Å². The fourth-order valence-corrected chi connectivity index (χ4v) is 2.82. The second-order valence-corrected chi connectivity index (χ2v) is 6.56. The van der Waals surface area contributed by atoms with Crippen molar-refractivity contribution in [2.24, 2.45) is 11.1 Å². The zero-order valence-corrected chi connectivity index (χ0v) is 15.6. The highest BCUT2D eigenvalue weighted by atomic mass is 35.5. The number of halogens is 1. The number of hydrogen-bond donors (Lipinski definition) is 2. The molecular weight excluding hydrogens is 328 g/mol. The molecule has 0 saturated carbocycles. The van der Waals surface area contributed by atoms with E-state index in [4.69, 9.17) is 15.2 Å². The molecule has 1 fully saturated rings. The van der Waals surface area contributed by atoms with Crippen LogP contribution in [-0.2, 0) is 16.1 Å². The highest BCUT2D eigenvalue weighted by molar-refractivity contribution is 5.85. The van der Waals surface area contributed by atoms with Crippen molar-refractivity contribution in [1.29, 1.82) is 0 Å². The van der Waals surface area contributed by atoms with Gasteiger partial charge in [0.05, 0.1) is 11.5 Å². The van der Waals surface area contributed by atoms with E-state index < -0.39 is 5.41 Å². The van der Waals surface area contributed by atoms with Gasteiger partial charge in [0.25, 0.3) is 0 Å². The Kier molecular flexibility index (Phi) is 8.00. The van der Waals surface area contributed by atoms with Gasteiger partial charge in [0.15, 0.2) is 0 Å². The summed E-state index contributed by atoms with van der Waals surface area (Å²) in [7, 11) is 0. The fourth-order valence-electron chi connectivity index (χ4n) is 2.82. The maximum absolute atomic E-state index is 12.6. The highest BCUT2D eigenvalue weighted by Gasteiger charge is 2.38. The molecule has 0 bridgehead atoms. The topological polar surface area (TPSA) is 73.6 Å². The number of amides is 1. The van der Waals surface area contributed by atoms with Gasteiger partial charge in [0, 0.05) is 31.9 Å². The van der Waals surface area contributed by atoms with Crippen LogP contribution in [0.3, 0.4) is 0 Å². The number of hydrogen-bond acceptors (Lipinski definition) is 4. The first-order valence-electron chi connectivity index (χ1n) is 8.29. The van der Waals surface area contributed by atoms with Crippen molar-refractivity contribution in [2.45, 2.75) is 46.3 Å². The smallest absolute Gasteiger partial charge is 0.227 e. The van der Waals surface area contributed by atoms with E-state index in [9.17, 15) is 4.79 Å². The molecule has 0 radical (unpaired) electrons. The molecule has 136 valence electrons. The standard InChI is InChI=1S/C18H28N2O3.ClH/c1-13(2)23-16-10-14(3)4-5-15(16)11-20-17(21)18(12-19)6-8-22-9-7-18;/h4-5,10,13H,6-9,11-12,19H2,1-3H3,(H,20,21);1H. The third-order valence-corrected chi connectivity index (χ3v) is 4.35. The van der Waals surface area contributed by atoms with Gasteiger partial charge < -0.3 is 20.5 Å². The van der Waals surface area contributed by atoms with Crippen molar-refractivity contribution < 1.29 is 14.3 Å². The maximum Gasteiger partial charge on any atom is 0.227 e. The molecule has 5 nitrogen and oxygen atoms in total. The summed E-state index contributed by atoms with van der Waals surface area (Å²) in [5, 5.41) is 3.04. The van der Waals surface area contributed by atoms with E-state index >= 15 is 0 Å². The van der Waals surface area contributed by atoms with Gasteiger partial charge in [-0.2, -0.15) is 0 Å². The first-order valence-corrected chi connectivity index (χ1v) is 8.29. The third kappa shape index (κ3) is 5.10. The lowest BCUT2D eigenvalue weighted by Crippen LogP contribution is -2.49. The summed E-state index contributed by atoms with van der Waals surface area (Å²) in [5.41, 5.74) is 7.51. The summed E-state index contributed by atoms with van der Waals surface area (Å²) in [6.45, 7) is 8.01. The average molecular weight is 357 g/mol. The number of ether oxygens (including phenoxy) is 2. The zero-order chi connectivity index (χ0) is 16.9. The van der Waals surface area contributed by atoms with Crippen LogP contribution < -0.4 is 15.8 Å². The molecule has 3 N–H and O–H groups in total. The second-order valence-electron chi connectivity index (χ2n) is 6.56. The van der Waals surface area contributed by atoms with Gasteiger partial charge in [-0.25, -0.2) is 0 Å². The number of aryl methyl sites for hydroxylation is 1. The van der Waals surface area contributed by atoms with E-state index in [0.717, 1.165) is 16.9 Å². The molecule has 0 spiro atoms. The molecule has 1 amide bonds. The Labute approximate surface area is 150 Å². The molecular formula is C18H29ClN2O3. The van der Waals surface area contributed by atoms with E-state index in [-0.39, 0.29) is 24.4 Å². The lowest BCUT2D eigenvalue weighted by molar-refractivity contribution is -0.136. The van der Waals surface area contributed by atoms with Gasteiger partial charge in [0.2, 0.25) is 5.91 Å². The molecule has 0 aromatic heterocycles. The largest absolute Gasteiger partial charge is 0.491 e. The van der Waals surface area contributed by atoms with Crippen LogP contribution in [0.15, 0.2) is 18.2 Å². The minimum absolute atomic E-state index is 0. The molecule has 2 rings (SSSR count). The molecule has 24 heavy (non-hydrogen) atoms.